The minimum Gasteiger partial charge on any atom is -0.506 e. The minimum absolute atomic E-state index is 0.0736. The van der Waals surface area contributed by atoms with E-state index in [1.807, 2.05) is 17.1 Å². The standard InChI is InChI=1S/C21H27N3O3/c1-15-3-2-4-17(11-15)21(27)12-16(13-21)20(26)24-9-7-23(8-10-24)19-6-5-18(25)14-22-19/h2-6,14-16,25,27H,7-13H2,1H3. The summed E-state index contributed by atoms with van der Waals surface area (Å²) in [4.78, 5) is 21.1. The molecule has 2 aliphatic carbocycles. The van der Waals surface area contributed by atoms with Gasteiger partial charge in [-0.05, 0) is 42.9 Å². The number of nitrogens with zero attached hydrogens (tertiary/aromatic N) is 3. The number of aromatic hydroxyl groups is 1. The Bertz CT molecular complexity index is 757. The zero-order valence-electron chi connectivity index (χ0n) is 15.7. The number of hydrogen-bond acceptors (Lipinski definition) is 5. The summed E-state index contributed by atoms with van der Waals surface area (Å²) in [7, 11) is 0. The third-order valence-corrected chi connectivity index (χ3v) is 6.04. The third-order valence-electron chi connectivity index (χ3n) is 6.04. The van der Waals surface area contributed by atoms with Crippen molar-refractivity contribution >= 4 is 11.7 Å². The predicted molar refractivity (Wildman–Crippen MR) is 103 cm³/mol. The molecule has 1 atom stereocenters. The van der Waals surface area contributed by atoms with Crippen molar-refractivity contribution in [3.63, 3.8) is 0 Å². The van der Waals surface area contributed by atoms with Crippen LogP contribution >= 0.6 is 0 Å². The van der Waals surface area contributed by atoms with Gasteiger partial charge in [-0.25, -0.2) is 4.98 Å². The maximum absolute atomic E-state index is 12.8. The van der Waals surface area contributed by atoms with Crippen molar-refractivity contribution in [3.05, 3.63) is 42.1 Å². The van der Waals surface area contributed by atoms with E-state index in [-0.39, 0.29) is 17.6 Å². The van der Waals surface area contributed by atoms with E-state index in [2.05, 4.69) is 22.9 Å². The highest BCUT2D eigenvalue weighted by Gasteiger charge is 2.49. The number of carbonyl (C=O) groups excluding carboxylic acids is 1. The molecule has 2 N–H and O–H groups in total. The van der Waals surface area contributed by atoms with E-state index >= 15 is 0 Å². The molecule has 0 bridgehead atoms. The maximum Gasteiger partial charge on any atom is 0.226 e. The van der Waals surface area contributed by atoms with Crippen LogP contribution in [0.25, 0.3) is 0 Å². The molecule has 1 amide bonds. The summed E-state index contributed by atoms with van der Waals surface area (Å²) in [5.74, 6) is 1.52. The van der Waals surface area contributed by atoms with Crippen molar-refractivity contribution in [2.24, 2.45) is 11.8 Å². The largest absolute Gasteiger partial charge is 0.506 e. The molecule has 0 radical (unpaired) electrons. The lowest BCUT2D eigenvalue weighted by atomic mass is 9.64. The summed E-state index contributed by atoms with van der Waals surface area (Å²) < 4.78 is 0. The van der Waals surface area contributed by atoms with Gasteiger partial charge in [-0.1, -0.05) is 25.2 Å². The fraction of sp³-hybridized carbons (Fsp3) is 0.524. The van der Waals surface area contributed by atoms with Crippen LogP contribution in [0.2, 0.25) is 0 Å². The molecule has 6 heteroatoms. The molecule has 1 saturated carbocycles. The number of hydrogen-bond donors (Lipinski definition) is 2. The van der Waals surface area contributed by atoms with Crippen molar-refractivity contribution in [3.8, 4) is 5.75 Å². The highest BCUT2D eigenvalue weighted by molar-refractivity contribution is 5.81. The van der Waals surface area contributed by atoms with Crippen LogP contribution in [-0.4, -0.2) is 57.8 Å². The first-order valence-corrected chi connectivity index (χ1v) is 9.73. The number of pyridine rings is 1. The minimum atomic E-state index is -0.795. The van der Waals surface area contributed by atoms with E-state index in [1.165, 1.54) is 6.20 Å². The van der Waals surface area contributed by atoms with Gasteiger partial charge in [0.05, 0.1) is 11.8 Å². The molecule has 1 aromatic heterocycles. The quantitative estimate of drug-likeness (QED) is 0.853. The van der Waals surface area contributed by atoms with Crippen LogP contribution < -0.4 is 4.90 Å². The van der Waals surface area contributed by atoms with Crippen LogP contribution in [0.4, 0.5) is 5.82 Å². The Morgan fingerprint density at radius 1 is 1.22 bits per heavy atom. The Labute approximate surface area is 159 Å². The van der Waals surface area contributed by atoms with E-state index in [0.717, 1.165) is 30.9 Å². The normalized spacial score (nSPS) is 30.7. The third kappa shape index (κ3) is 3.58. The Kier molecular flexibility index (Phi) is 4.68. The van der Waals surface area contributed by atoms with Crippen LogP contribution in [0.5, 0.6) is 5.75 Å². The number of amides is 1. The number of aromatic nitrogens is 1. The lowest BCUT2D eigenvalue weighted by Gasteiger charge is -2.47. The molecule has 1 aromatic rings. The number of anilines is 1. The number of aliphatic hydroxyl groups is 1. The predicted octanol–water partition coefficient (Wildman–Crippen LogP) is 2.10. The van der Waals surface area contributed by atoms with Crippen molar-refractivity contribution in [2.75, 3.05) is 31.1 Å². The van der Waals surface area contributed by atoms with Crippen molar-refractivity contribution < 1.29 is 15.0 Å². The van der Waals surface area contributed by atoms with Crippen molar-refractivity contribution in [1.29, 1.82) is 0 Å². The number of piperazine rings is 1. The van der Waals surface area contributed by atoms with Gasteiger partial charge in [0, 0.05) is 32.1 Å². The summed E-state index contributed by atoms with van der Waals surface area (Å²) in [6.07, 6.45) is 9.59. The molecule has 144 valence electrons. The Morgan fingerprint density at radius 3 is 2.59 bits per heavy atom. The van der Waals surface area contributed by atoms with Crippen molar-refractivity contribution in [1.82, 2.24) is 9.88 Å². The van der Waals surface area contributed by atoms with E-state index < -0.39 is 5.60 Å². The van der Waals surface area contributed by atoms with Crippen molar-refractivity contribution in [2.45, 2.75) is 31.8 Å². The Balaban J connectivity index is 1.30. The van der Waals surface area contributed by atoms with E-state index in [0.29, 0.717) is 31.8 Å². The molecule has 4 rings (SSSR count). The molecule has 1 saturated heterocycles. The number of rotatable bonds is 3. The summed E-state index contributed by atoms with van der Waals surface area (Å²) in [6, 6.07) is 3.43. The first-order chi connectivity index (χ1) is 12.9. The van der Waals surface area contributed by atoms with Crippen LogP contribution in [0.3, 0.4) is 0 Å². The fourth-order valence-electron chi connectivity index (χ4n) is 4.36. The highest BCUT2D eigenvalue weighted by atomic mass is 16.3. The van der Waals surface area contributed by atoms with Gasteiger partial charge in [-0.3, -0.25) is 4.79 Å². The molecule has 0 aromatic carbocycles. The number of allylic oxidation sites excluding steroid dienone is 3. The zero-order chi connectivity index (χ0) is 19.0. The summed E-state index contributed by atoms with van der Waals surface area (Å²) in [6.45, 7) is 4.94. The molecule has 2 heterocycles. The summed E-state index contributed by atoms with van der Waals surface area (Å²) in [5.41, 5.74) is 0.279. The molecule has 1 unspecified atom stereocenters. The SMILES string of the molecule is CC1C=CC=C(C2(O)CC(C(=O)N3CCN(c4ccc(O)cn4)CC3)C2)C1. The van der Waals surface area contributed by atoms with E-state index in [1.54, 1.807) is 12.1 Å². The van der Waals surface area contributed by atoms with Crippen LogP contribution in [-0.2, 0) is 4.79 Å². The van der Waals surface area contributed by atoms with Crippen LogP contribution in [0, 0.1) is 11.8 Å². The highest BCUT2D eigenvalue weighted by Crippen LogP contribution is 2.46. The fourth-order valence-corrected chi connectivity index (χ4v) is 4.36. The van der Waals surface area contributed by atoms with Gasteiger partial charge in [0.15, 0.2) is 0 Å². The van der Waals surface area contributed by atoms with Gasteiger partial charge in [0.25, 0.3) is 0 Å². The number of carbonyl (C=O) groups is 1. The van der Waals surface area contributed by atoms with Gasteiger partial charge in [0.1, 0.15) is 11.6 Å². The lowest BCUT2D eigenvalue weighted by molar-refractivity contribution is -0.148. The molecule has 6 nitrogen and oxygen atoms in total. The summed E-state index contributed by atoms with van der Waals surface area (Å²) in [5, 5.41) is 20.2. The van der Waals surface area contributed by atoms with Gasteiger partial charge in [-0.2, -0.15) is 0 Å². The maximum atomic E-state index is 12.8. The van der Waals surface area contributed by atoms with Crippen LogP contribution in [0.1, 0.15) is 26.2 Å². The van der Waals surface area contributed by atoms with Gasteiger partial charge >= 0.3 is 0 Å². The molecule has 27 heavy (non-hydrogen) atoms. The van der Waals surface area contributed by atoms with Gasteiger partial charge in [0.2, 0.25) is 5.91 Å². The Morgan fingerprint density at radius 2 is 1.96 bits per heavy atom. The molecule has 1 aliphatic heterocycles. The Hall–Kier alpha value is -2.34. The molecule has 3 aliphatic rings. The second-order valence-corrected chi connectivity index (χ2v) is 8.08. The van der Waals surface area contributed by atoms with E-state index in [9.17, 15) is 15.0 Å². The average molecular weight is 369 g/mol. The van der Waals surface area contributed by atoms with Crippen LogP contribution in [0.15, 0.2) is 42.1 Å². The molecular formula is C21H27N3O3. The van der Waals surface area contributed by atoms with E-state index in [4.69, 9.17) is 0 Å². The topological polar surface area (TPSA) is 76.9 Å². The lowest BCUT2D eigenvalue weighted by Crippen LogP contribution is -2.56. The smallest absolute Gasteiger partial charge is 0.226 e. The first-order valence-electron chi connectivity index (χ1n) is 9.73. The molecule has 2 fully saturated rings. The first kappa shape index (κ1) is 18.0. The second-order valence-electron chi connectivity index (χ2n) is 8.08. The molecular weight excluding hydrogens is 342 g/mol. The van der Waals surface area contributed by atoms with Gasteiger partial charge < -0.3 is 20.0 Å². The van der Waals surface area contributed by atoms with Gasteiger partial charge in [-0.15, -0.1) is 0 Å². The average Bonchev–Trinajstić information content (AvgIpc) is 2.66. The monoisotopic (exact) mass is 369 g/mol. The summed E-state index contributed by atoms with van der Waals surface area (Å²) >= 11 is 0. The second kappa shape index (κ2) is 7.00. The zero-order valence-corrected chi connectivity index (χ0v) is 15.7. The molecule has 0 spiro atoms.